The fraction of sp³-hybridized carbons (Fsp3) is 0.600. The Morgan fingerprint density at radius 1 is 1.40 bits per heavy atom. The number of rotatable bonds is 4. The van der Waals surface area contributed by atoms with Gasteiger partial charge in [-0.15, -0.1) is 11.3 Å². The van der Waals surface area contributed by atoms with Crippen LogP contribution < -0.4 is 5.32 Å². The minimum Gasteiger partial charge on any atom is -0.462 e. The van der Waals surface area contributed by atoms with Gasteiger partial charge in [0, 0.05) is 11.3 Å². The molecule has 0 fully saturated rings. The highest BCUT2D eigenvalue weighted by atomic mass is 32.1. The van der Waals surface area contributed by atoms with Gasteiger partial charge >= 0.3 is 5.97 Å². The Hall–Kier alpha value is -1.36. The molecule has 1 unspecified atom stereocenters. The molecule has 0 saturated heterocycles. The molecule has 0 radical (unpaired) electrons. The molecule has 0 bridgehead atoms. The van der Waals surface area contributed by atoms with Crippen molar-refractivity contribution in [2.45, 2.75) is 46.5 Å². The highest BCUT2D eigenvalue weighted by Gasteiger charge is 2.29. The van der Waals surface area contributed by atoms with Gasteiger partial charge in [-0.25, -0.2) is 4.79 Å². The Balaban J connectivity index is 2.40. The lowest BCUT2D eigenvalue weighted by Gasteiger charge is -2.18. The van der Waals surface area contributed by atoms with E-state index >= 15 is 0 Å². The lowest BCUT2D eigenvalue weighted by atomic mass is 9.88. The summed E-state index contributed by atoms with van der Waals surface area (Å²) in [7, 11) is 0. The number of ether oxygens (including phenoxy) is 1. The van der Waals surface area contributed by atoms with E-state index in [-0.39, 0.29) is 11.9 Å². The van der Waals surface area contributed by atoms with Crippen LogP contribution in [0.1, 0.15) is 54.4 Å². The predicted molar refractivity (Wildman–Crippen MR) is 80.4 cm³/mol. The average molecular weight is 295 g/mol. The SMILES string of the molecule is CCOC(=O)c1c(NC(=O)CC)sc2c1CC(C)CC2. The first kappa shape index (κ1) is 15.0. The molecule has 1 aliphatic carbocycles. The van der Waals surface area contributed by atoms with Crippen LogP contribution in [-0.4, -0.2) is 18.5 Å². The Morgan fingerprint density at radius 2 is 2.15 bits per heavy atom. The van der Waals surface area contributed by atoms with Crippen molar-refractivity contribution in [3.8, 4) is 0 Å². The van der Waals surface area contributed by atoms with Crippen LogP contribution in [0.4, 0.5) is 5.00 Å². The zero-order valence-corrected chi connectivity index (χ0v) is 13.1. The van der Waals surface area contributed by atoms with Crippen molar-refractivity contribution < 1.29 is 14.3 Å². The normalized spacial score (nSPS) is 17.4. The van der Waals surface area contributed by atoms with Crippen LogP contribution in [0.3, 0.4) is 0 Å². The first-order chi connectivity index (χ1) is 9.56. The third-order valence-corrected chi connectivity index (χ3v) is 4.77. The Bertz CT molecular complexity index is 521. The molecule has 0 saturated carbocycles. The molecular formula is C15H21NO3S. The van der Waals surface area contributed by atoms with E-state index in [1.54, 1.807) is 13.8 Å². The van der Waals surface area contributed by atoms with E-state index in [0.717, 1.165) is 24.8 Å². The van der Waals surface area contributed by atoms with Gasteiger partial charge in [-0.05, 0) is 37.7 Å². The number of fused-ring (bicyclic) bond motifs is 1. The topological polar surface area (TPSA) is 55.4 Å². The second-order valence-corrected chi connectivity index (χ2v) is 6.28. The van der Waals surface area contributed by atoms with Gasteiger partial charge < -0.3 is 10.1 Å². The maximum Gasteiger partial charge on any atom is 0.341 e. The smallest absolute Gasteiger partial charge is 0.341 e. The minimum absolute atomic E-state index is 0.0674. The van der Waals surface area contributed by atoms with Gasteiger partial charge in [0.15, 0.2) is 0 Å². The number of esters is 1. The summed E-state index contributed by atoms with van der Waals surface area (Å²) >= 11 is 1.53. The first-order valence-electron chi connectivity index (χ1n) is 7.18. The molecule has 1 amide bonds. The van der Waals surface area contributed by atoms with Gasteiger partial charge in [-0.2, -0.15) is 0 Å². The summed E-state index contributed by atoms with van der Waals surface area (Å²) in [4.78, 5) is 25.1. The van der Waals surface area contributed by atoms with Gasteiger partial charge in [0.25, 0.3) is 0 Å². The number of carbonyl (C=O) groups is 2. The van der Waals surface area contributed by atoms with Gasteiger partial charge in [0.1, 0.15) is 5.00 Å². The van der Waals surface area contributed by atoms with Crippen LogP contribution >= 0.6 is 11.3 Å². The van der Waals surface area contributed by atoms with Crippen LogP contribution in [0.5, 0.6) is 0 Å². The van der Waals surface area contributed by atoms with Crippen molar-refractivity contribution in [2.24, 2.45) is 5.92 Å². The maximum atomic E-state index is 12.2. The monoisotopic (exact) mass is 295 g/mol. The second kappa shape index (κ2) is 6.39. The average Bonchev–Trinajstić information content (AvgIpc) is 2.75. The fourth-order valence-corrected chi connectivity index (χ4v) is 3.73. The lowest BCUT2D eigenvalue weighted by Crippen LogP contribution is -2.16. The van der Waals surface area contributed by atoms with Crippen LogP contribution in [0.15, 0.2) is 0 Å². The molecule has 1 aromatic heterocycles. The van der Waals surface area contributed by atoms with Crippen LogP contribution in [0.2, 0.25) is 0 Å². The van der Waals surface area contributed by atoms with Crippen molar-refractivity contribution in [1.29, 1.82) is 0 Å². The van der Waals surface area contributed by atoms with Crippen LogP contribution in [0.25, 0.3) is 0 Å². The molecule has 4 nitrogen and oxygen atoms in total. The third-order valence-electron chi connectivity index (χ3n) is 3.56. The van der Waals surface area contributed by atoms with E-state index in [0.29, 0.717) is 29.5 Å². The summed E-state index contributed by atoms with van der Waals surface area (Å²) < 4.78 is 5.16. The van der Waals surface area contributed by atoms with E-state index in [1.807, 2.05) is 0 Å². The summed E-state index contributed by atoms with van der Waals surface area (Å²) in [5, 5.41) is 3.51. The lowest BCUT2D eigenvalue weighted by molar-refractivity contribution is -0.115. The summed E-state index contributed by atoms with van der Waals surface area (Å²) in [5.41, 5.74) is 1.67. The highest BCUT2D eigenvalue weighted by Crippen LogP contribution is 2.40. The van der Waals surface area contributed by atoms with Crippen molar-refractivity contribution in [2.75, 3.05) is 11.9 Å². The van der Waals surface area contributed by atoms with E-state index in [9.17, 15) is 9.59 Å². The maximum absolute atomic E-state index is 12.2. The quantitative estimate of drug-likeness (QED) is 0.866. The number of nitrogens with one attached hydrogen (secondary N) is 1. The van der Waals surface area contributed by atoms with Gasteiger partial charge in [-0.1, -0.05) is 13.8 Å². The Kier molecular flexibility index (Phi) is 4.81. The molecule has 1 N–H and O–H groups in total. The molecule has 1 aromatic rings. The van der Waals surface area contributed by atoms with Crippen LogP contribution in [0, 0.1) is 5.92 Å². The first-order valence-corrected chi connectivity index (χ1v) is 7.99. The number of hydrogen-bond acceptors (Lipinski definition) is 4. The minimum atomic E-state index is -0.314. The summed E-state index contributed by atoms with van der Waals surface area (Å²) in [6.07, 6.45) is 3.41. The van der Waals surface area contributed by atoms with Crippen LogP contribution in [-0.2, 0) is 22.4 Å². The molecule has 20 heavy (non-hydrogen) atoms. The zero-order chi connectivity index (χ0) is 14.7. The second-order valence-electron chi connectivity index (χ2n) is 5.18. The number of carbonyl (C=O) groups excluding carboxylic acids is 2. The molecular weight excluding hydrogens is 274 g/mol. The number of thiophene rings is 1. The molecule has 0 spiro atoms. The van der Waals surface area contributed by atoms with Gasteiger partial charge in [-0.3, -0.25) is 4.79 Å². The van der Waals surface area contributed by atoms with E-state index in [4.69, 9.17) is 4.74 Å². The number of hydrogen-bond donors (Lipinski definition) is 1. The molecule has 0 aliphatic heterocycles. The van der Waals surface area contributed by atoms with Crippen molar-refractivity contribution >= 4 is 28.2 Å². The van der Waals surface area contributed by atoms with E-state index < -0.39 is 0 Å². The molecule has 5 heteroatoms. The molecule has 1 heterocycles. The molecule has 2 rings (SSSR count). The highest BCUT2D eigenvalue weighted by molar-refractivity contribution is 7.17. The Morgan fingerprint density at radius 3 is 2.80 bits per heavy atom. The van der Waals surface area contributed by atoms with E-state index in [2.05, 4.69) is 12.2 Å². The van der Waals surface area contributed by atoms with Crippen molar-refractivity contribution in [1.82, 2.24) is 0 Å². The van der Waals surface area contributed by atoms with Crippen molar-refractivity contribution in [3.63, 3.8) is 0 Å². The molecule has 110 valence electrons. The van der Waals surface area contributed by atoms with Gasteiger partial charge in [0.05, 0.1) is 12.2 Å². The third kappa shape index (κ3) is 3.03. The van der Waals surface area contributed by atoms with E-state index in [1.165, 1.54) is 16.2 Å². The standard InChI is InChI=1S/C15H21NO3S/c1-4-12(17)16-14-13(15(18)19-5-2)10-8-9(3)6-7-11(10)20-14/h9H,4-8H2,1-3H3,(H,16,17). The molecule has 0 aromatic carbocycles. The summed E-state index contributed by atoms with van der Waals surface area (Å²) in [6, 6.07) is 0. The van der Waals surface area contributed by atoms with Crippen molar-refractivity contribution in [3.05, 3.63) is 16.0 Å². The molecule has 1 aliphatic rings. The number of aryl methyl sites for hydroxylation is 1. The predicted octanol–water partition coefficient (Wildman–Crippen LogP) is 3.40. The summed E-state index contributed by atoms with van der Waals surface area (Å²) in [5.74, 6) is 0.188. The number of anilines is 1. The van der Waals surface area contributed by atoms with Gasteiger partial charge in [0.2, 0.25) is 5.91 Å². The fourth-order valence-electron chi connectivity index (χ4n) is 2.48. The Labute approximate surface area is 123 Å². The summed E-state index contributed by atoms with van der Waals surface area (Å²) in [6.45, 7) is 6.14. The molecule has 1 atom stereocenters. The number of amides is 1. The largest absolute Gasteiger partial charge is 0.462 e. The zero-order valence-electron chi connectivity index (χ0n) is 12.2.